The molecule has 1 fully saturated rings. The van der Waals surface area contributed by atoms with Gasteiger partial charge in [0.1, 0.15) is 5.75 Å². The number of nitrogen functional groups attached to an aromatic ring is 1. The molecule has 0 spiro atoms. The predicted molar refractivity (Wildman–Crippen MR) is 72.5 cm³/mol. The summed E-state index contributed by atoms with van der Waals surface area (Å²) in [5.74, 6) is 0.742. The van der Waals surface area contributed by atoms with Crippen molar-refractivity contribution in [2.24, 2.45) is 5.41 Å². The highest BCUT2D eigenvalue weighted by molar-refractivity contribution is 5.72. The quantitative estimate of drug-likeness (QED) is 0.786. The molecule has 2 rings (SSSR count). The molecule has 3 nitrogen and oxygen atoms in total. The maximum absolute atomic E-state index is 6.03. The van der Waals surface area contributed by atoms with Gasteiger partial charge in [-0.3, -0.25) is 0 Å². The average molecular weight is 234 g/mol. The molecule has 1 aliphatic carbocycles. The van der Waals surface area contributed by atoms with E-state index in [0.29, 0.717) is 11.1 Å². The van der Waals surface area contributed by atoms with E-state index >= 15 is 0 Å². The van der Waals surface area contributed by atoms with Gasteiger partial charge in [-0.05, 0) is 30.4 Å². The van der Waals surface area contributed by atoms with E-state index in [1.807, 2.05) is 18.2 Å². The summed E-state index contributed by atoms with van der Waals surface area (Å²) in [5, 5.41) is 3.47. The topological polar surface area (TPSA) is 47.3 Å². The Hall–Kier alpha value is -1.38. The number of hydrogen-bond acceptors (Lipinski definition) is 3. The van der Waals surface area contributed by atoms with E-state index in [1.165, 1.54) is 25.7 Å². The molecule has 3 heteroatoms. The first-order valence-electron chi connectivity index (χ1n) is 6.31. The Morgan fingerprint density at radius 2 is 2.06 bits per heavy atom. The van der Waals surface area contributed by atoms with Crippen molar-refractivity contribution in [3.05, 3.63) is 18.2 Å². The fourth-order valence-electron chi connectivity index (χ4n) is 2.59. The highest BCUT2D eigenvalue weighted by Gasteiger charge is 2.28. The Morgan fingerprint density at radius 1 is 1.35 bits per heavy atom. The van der Waals surface area contributed by atoms with Crippen LogP contribution in [0.25, 0.3) is 0 Å². The molecule has 1 aromatic rings. The minimum Gasteiger partial charge on any atom is -0.495 e. The molecule has 1 saturated carbocycles. The lowest BCUT2D eigenvalue weighted by Gasteiger charge is -2.25. The van der Waals surface area contributed by atoms with Crippen LogP contribution in [0.2, 0.25) is 0 Å². The summed E-state index contributed by atoms with van der Waals surface area (Å²) in [6, 6.07) is 5.86. The lowest BCUT2D eigenvalue weighted by Crippen LogP contribution is -2.23. The third-order valence-electron chi connectivity index (χ3n) is 3.80. The Morgan fingerprint density at radius 3 is 2.71 bits per heavy atom. The van der Waals surface area contributed by atoms with Crippen molar-refractivity contribution in [2.45, 2.75) is 32.6 Å². The summed E-state index contributed by atoms with van der Waals surface area (Å²) in [6.45, 7) is 3.34. The SMILES string of the molecule is COc1cccc(NCC2(C)CCCC2)c1N. The Balaban J connectivity index is 2.03. The van der Waals surface area contributed by atoms with Crippen molar-refractivity contribution < 1.29 is 4.74 Å². The number of benzene rings is 1. The number of hydrogen-bond donors (Lipinski definition) is 2. The van der Waals surface area contributed by atoms with Crippen LogP contribution in [0, 0.1) is 5.41 Å². The molecule has 0 radical (unpaired) electrons. The van der Waals surface area contributed by atoms with Crippen molar-refractivity contribution in [3.8, 4) is 5.75 Å². The molecule has 0 saturated heterocycles. The van der Waals surface area contributed by atoms with Crippen molar-refractivity contribution in [2.75, 3.05) is 24.7 Å². The van der Waals surface area contributed by atoms with Crippen LogP contribution in [0.4, 0.5) is 11.4 Å². The van der Waals surface area contributed by atoms with Crippen molar-refractivity contribution >= 4 is 11.4 Å². The van der Waals surface area contributed by atoms with Crippen molar-refractivity contribution in [3.63, 3.8) is 0 Å². The summed E-state index contributed by atoms with van der Waals surface area (Å²) in [6.07, 6.45) is 5.32. The van der Waals surface area contributed by atoms with E-state index in [1.54, 1.807) is 7.11 Å². The molecule has 3 N–H and O–H groups in total. The van der Waals surface area contributed by atoms with Crippen molar-refractivity contribution in [1.82, 2.24) is 0 Å². The lowest BCUT2D eigenvalue weighted by atomic mass is 9.89. The molecule has 94 valence electrons. The van der Waals surface area contributed by atoms with E-state index in [-0.39, 0.29) is 0 Å². The third kappa shape index (κ3) is 2.65. The molecule has 17 heavy (non-hydrogen) atoms. The zero-order chi connectivity index (χ0) is 12.3. The normalized spacial score (nSPS) is 18.0. The van der Waals surface area contributed by atoms with Gasteiger partial charge >= 0.3 is 0 Å². The third-order valence-corrected chi connectivity index (χ3v) is 3.80. The standard InChI is InChI=1S/C14H22N2O/c1-14(8-3-4-9-14)10-16-11-6-5-7-12(17-2)13(11)15/h5-7,16H,3-4,8-10,15H2,1-2H3. The molecule has 0 aliphatic heterocycles. The number of nitrogens with two attached hydrogens (primary N) is 1. The van der Waals surface area contributed by atoms with Crippen LogP contribution in [0.5, 0.6) is 5.75 Å². The molecule has 0 atom stereocenters. The van der Waals surface area contributed by atoms with E-state index in [2.05, 4.69) is 12.2 Å². The van der Waals surface area contributed by atoms with Gasteiger partial charge in [0, 0.05) is 6.54 Å². The molecule has 0 heterocycles. The Labute approximate surface area is 103 Å². The van der Waals surface area contributed by atoms with E-state index in [0.717, 1.165) is 18.0 Å². The highest BCUT2D eigenvalue weighted by atomic mass is 16.5. The van der Waals surface area contributed by atoms with Crippen molar-refractivity contribution in [1.29, 1.82) is 0 Å². The largest absolute Gasteiger partial charge is 0.495 e. The van der Waals surface area contributed by atoms with Crippen LogP contribution in [0.1, 0.15) is 32.6 Å². The Bertz CT molecular complexity index is 384. The second-order valence-corrected chi connectivity index (χ2v) is 5.29. The lowest BCUT2D eigenvalue weighted by molar-refractivity contribution is 0.362. The smallest absolute Gasteiger partial charge is 0.143 e. The van der Waals surface area contributed by atoms with Crippen LogP contribution >= 0.6 is 0 Å². The van der Waals surface area contributed by atoms with Gasteiger partial charge in [-0.15, -0.1) is 0 Å². The van der Waals surface area contributed by atoms with Gasteiger partial charge in [0.15, 0.2) is 0 Å². The summed E-state index contributed by atoms with van der Waals surface area (Å²) in [5.41, 5.74) is 8.15. The van der Waals surface area contributed by atoms with Gasteiger partial charge in [-0.25, -0.2) is 0 Å². The minimum atomic E-state index is 0.426. The van der Waals surface area contributed by atoms with Gasteiger partial charge in [-0.1, -0.05) is 25.8 Å². The van der Waals surface area contributed by atoms with Crippen LogP contribution < -0.4 is 15.8 Å². The van der Waals surface area contributed by atoms with Crippen LogP contribution in [-0.4, -0.2) is 13.7 Å². The Kier molecular flexibility index (Phi) is 3.46. The number of rotatable bonds is 4. The summed E-state index contributed by atoms with van der Waals surface area (Å²) >= 11 is 0. The van der Waals surface area contributed by atoms with Crippen LogP contribution in [-0.2, 0) is 0 Å². The van der Waals surface area contributed by atoms with Gasteiger partial charge in [0.05, 0.1) is 18.5 Å². The number of anilines is 2. The average Bonchev–Trinajstić information content (AvgIpc) is 2.75. The first-order valence-corrected chi connectivity index (χ1v) is 6.31. The van der Waals surface area contributed by atoms with E-state index in [4.69, 9.17) is 10.5 Å². The number of methoxy groups -OCH3 is 1. The highest BCUT2D eigenvalue weighted by Crippen LogP contribution is 2.38. The first-order chi connectivity index (χ1) is 8.14. The second-order valence-electron chi connectivity index (χ2n) is 5.29. The maximum Gasteiger partial charge on any atom is 0.143 e. The molecule has 0 bridgehead atoms. The summed E-state index contributed by atoms with van der Waals surface area (Å²) in [7, 11) is 1.65. The monoisotopic (exact) mass is 234 g/mol. The number of ether oxygens (including phenoxy) is 1. The maximum atomic E-state index is 6.03. The summed E-state index contributed by atoms with van der Waals surface area (Å²) in [4.78, 5) is 0. The minimum absolute atomic E-state index is 0.426. The fourth-order valence-corrected chi connectivity index (χ4v) is 2.59. The molecular weight excluding hydrogens is 212 g/mol. The molecule has 1 aliphatic rings. The molecule has 0 amide bonds. The fraction of sp³-hybridized carbons (Fsp3) is 0.571. The van der Waals surface area contributed by atoms with Gasteiger partial charge < -0.3 is 15.8 Å². The zero-order valence-electron chi connectivity index (χ0n) is 10.8. The number of para-hydroxylation sites is 1. The van der Waals surface area contributed by atoms with Gasteiger partial charge in [0.25, 0.3) is 0 Å². The molecule has 0 aromatic heterocycles. The number of nitrogens with one attached hydrogen (secondary N) is 1. The molecular formula is C14H22N2O. The van der Waals surface area contributed by atoms with Crippen LogP contribution in [0.3, 0.4) is 0 Å². The zero-order valence-corrected chi connectivity index (χ0v) is 10.8. The molecule has 0 unspecified atom stereocenters. The van der Waals surface area contributed by atoms with E-state index in [9.17, 15) is 0 Å². The van der Waals surface area contributed by atoms with E-state index < -0.39 is 0 Å². The predicted octanol–water partition coefficient (Wildman–Crippen LogP) is 3.27. The summed E-state index contributed by atoms with van der Waals surface area (Å²) < 4.78 is 5.22. The van der Waals surface area contributed by atoms with Gasteiger partial charge in [0.2, 0.25) is 0 Å². The van der Waals surface area contributed by atoms with Gasteiger partial charge in [-0.2, -0.15) is 0 Å². The van der Waals surface area contributed by atoms with Crippen LogP contribution in [0.15, 0.2) is 18.2 Å². The second kappa shape index (κ2) is 4.86. The first kappa shape index (κ1) is 12.1. The molecule has 1 aromatic carbocycles.